The first-order valence-electron chi connectivity index (χ1n) is 13.8. The number of hydrogen-bond donors (Lipinski definition) is 3. The zero-order chi connectivity index (χ0) is 27.4. The first-order valence-corrected chi connectivity index (χ1v) is 13.8. The Balaban J connectivity index is 1.40. The van der Waals surface area contributed by atoms with Crippen LogP contribution >= 0.6 is 0 Å². The second kappa shape index (κ2) is 11.9. The van der Waals surface area contributed by atoms with Crippen molar-refractivity contribution in [1.82, 2.24) is 20.6 Å². The van der Waals surface area contributed by atoms with Gasteiger partial charge in [-0.05, 0) is 57.0 Å². The van der Waals surface area contributed by atoms with Crippen molar-refractivity contribution >= 4 is 35.0 Å². The molecule has 0 spiro atoms. The highest BCUT2D eigenvalue weighted by Gasteiger charge is 2.36. The van der Waals surface area contributed by atoms with Crippen LogP contribution in [0.4, 0.5) is 23.1 Å². The van der Waals surface area contributed by atoms with Gasteiger partial charge in [0.1, 0.15) is 11.4 Å². The lowest BCUT2D eigenvalue weighted by atomic mass is 10.0. The number of aromatic nitrogens is 2. The summed E-state index contributed by atoms with van der Waals surface area (Å²) < 4.78 is 5.62. The summed E-state index contributed by atoms with van der Waals surface area (Å²) >= 11 is 0. The highest BCUT2D eigenvalue weighted by molar-refractivity contribution is 5.99. The molecule has 206 valence electrons. The van der Waals surface area contributed by atoms with E-state index < -0.39 is 0 Å². The lowest BCUT2D eigenvalue weighted by Crippen LogP contribution is -2.42. The van der Waals surface area contributed by atoms with Crippen molar-refractivity contribution in [3.63, 3.8) is 0 Å². The summed E-state index contributed by atoms with van der Waals surface area (Å²) in [6.07, 6.45) is 14.0. The third-order valence-electron chi connectivity index (χ3n) is 7.99. The first-order chi connectivity index (χ1) is 19.0. The molecule has 3 aliphatic rings. The topological polar surface area (TPSA) is 112 Å². The molecule has 10 heteroatoms. The number of benzene rings is 1. The van der Waals surface area contributed by atoms with Gasteiger partial charge in [0.2, 0.25) is 11.9 Å². The van der Waals surface area contributed by atoms with Crippen LogP contribution in [0.5, 0.6) is 5.75 Å². The van der Waals surface area contributed by atoms with Crippen molar-refractivity contribution in [3.8, 4) is 18.1 Å². The van der Waals surface area contributed by atoms with E-state index in [9.17, 15) is 9.59 Å². The maximum atomic E-state index is 13.2. The Morgan fingerprint density at radius 2 is 2.00 bits per heavy atom. The predicted molar refractivity (Wildman–Crippen MR) is 152 cm³/mol. The number of carbonyl (C=O) groups is 2. The molecular formula is C29H37N7O3. The average molecular weight is 532 g/mol. The van der Waals surface area contributed by atoms with Crippen LogP contribution in [0.2, 0.25) is 0 Å². The molecule has 1 atom stereocenters. The van der Waals surface area contributed by atoms with Gasteiger partial charge in [-0.1, -0.05) is 12.8 Å². The molecule has 2 fully saturated rings. The van der Waals surface area contributed by atoms with Crippen LogP contribution in [0.1, 0.15) is 55.3 Å². The summed E-state index contributed by atoms with van der Waals surface area (Å²) in [6.45, 7) is 2.35. The fourth-order valence-electron chi connectivity index (χ4n) is 5.79. The zero-order valence-electron chi connectivity index (χ0n) is 22.7. The van der Waals surface area contributed by atoms with Gasteiger partial charge in [0.05, 0.1) is 24.9 Å². The minimum Gasteiger partial charge on any atom is -0.495 e. The van der Waals surface area contributed by atoms with Crippen LogP contribution in [0.25, 0.3) is 0 Å². The van der Waals surface area contributed by atoms with Gasteiger partial charge in [-0.15, -0.1) is 12.3 Å². The Kier molecular flexibility index (Phi) is 8.17. The normalized spacial score (nSPS) is 20.2. The second-order valence-electron chi connectivity index (χ2n) is 10.5. The number of methoxy groups -OCH3 is 1. The summed E-state index contributed by atoms with van der Waals surface area (Å²) in [5, 5.41) is 9.69. The number of fused-ring (bicyclic) bond motifs is 1. The highest BCUT2D eigenvalue weighted by Crippen LogP contribution is 2.38. The van der Waals surface area contributed by atoms with Gasteiger partial charge in [0.15, 0.2) is 5.82 Å². The summed E-state index contributed by atoms with van der Waals surface area (Å²) in [5.74, 6) is 3.88. The molecule has 1 saturated heterocycles. The summed E-state index contributed by atoms with van der Waals surface area (Å²) in [5.41, 5.74) is 1.85. The van der Waals surface area contributed by atoms with E-state index in [1.807, 2.05) is 0 Å². The molecule has 2 amide bonds. The van der Waals surface area contributed by atoms with Crippen LogP contribution in [0.3, 0.4) is 0 Å². The monoisotopic (exact) mass is 531 g/mol. The van der Waals surface area contributed by atoms with Crippen molar-refractivity contribution in [3.05, 3.63) is 30.0 Å². The van der Waals surface area contributed by atoms with E-state index in [1.54, 1.807) is 43.5 Å². The van der Waals surface area contributed by atoms with Crippen molar-refractivity contribution in [2.24, 2.45) is 5.92 Å². The molecular weight excluding hydrogens is 494 g/mol. The Hall–Kier alpha value is -3.84. The average Bonchev–Trinajstić information content (AvgIpc) is 3.47. The number of nitrogens with zero attached hydrogens (tertiary/aromatic N) is 4. The van der Waals surface area contributed by atoms with Gasteiger partial charge in [0, 0.05) is 37.7 Å². The number of nitrogens with one attached hydrogen (secondary N) is 3. The van der Waals surface area contributed by atoms with E-state index >= 15 is 0 Å². The maximum Gasteiger partial charge on any atom is 0.251 e. The molecule has 1 aliphatic carbocycles. The number of piperidine rings is 1. The van der Waals surface area contributed by atoms with Crippen LogP contribution in [0.15, 0.2) is 24.4 Å². The van der Waals surface area contributed by atoms with E-state index in [1.165, 1.54) is 0 Å². The van der Waals surface area contributed by atoms with Crippen LogP contribution in [-0.2, 0) is 4.79 Å². The van der Waals surface area contributed by atoms with Gasteiger partial charge < -0.3 is 30.5 Å². The van der Waals surface area contributed by atoms with Crippen molar-refractivity contribution in [2.75, 3.05) is 48.9 Å². The Bertz CT molecular complexity index is 1250. The molecule has 5 rings (SSSR count). The SMILES string of the molecule is C#CCC1CN(C2CCCC2)c2nc(Nc3ccc(C(=O)NC4CCNCC4)cc3OC)ncc2N(C)C1=O. The number of anilines is 4. The lowest BCUT2D eigenvalue weighted by molar-refractivity contribution is -0.121. The highest BCUT2D eigenvalue weighted by atomic mass is 16.5. The smallest absolute Gasteiger partial charge is 0.251 e. The van der Waals surface area contributed by atoms with Gasteiger partial charge >= 0.3 is 0 Å². The van der Waals surface area contributed by atoms with Crippen LogP contribution < -0.4 is 30.5 Å². The van der Waals surface area contributed by atoms with E-state index in [0.717, 1.165) is 57.4 Å². The molecule has 2 aromatic rings. The third kappa shape index (κ3) is 5.78. The number of ether oxygens (including phenoxy) is 1. The third-order valence-corrected chi connectivity index (χ3v) is 7.99. The first kappa shape index (κ1) is 26.8. The molecule has 1 aromatic carbocycles. The molecule has 39 heavy (non-hydrogen) atoms. The zero-order valence-corrected chi connectivity index (χ0v) is 22.7. The molecule has 1 unspecified atom stereocenters. The maximum absolute atomic E-state index is 13.2. The van der Waals surface area contributed by atoms with E-state index in [-0.39, 0.29) is 23.8 Å². The minimum atomic E-state index is -0.296. The molecule has 3 heterocycles. The number of amides is 2. The van der Waals surface area contributed by atoms with Crippen molar-refractivity contribution in [2.45, 2.75) is 57.0 Å². The fourth-order valence-corrected chi connectivity index (χ4v) is 5.79. The molecule has 0 radical (unpaired) electrons. The quantitative estimate of drug-likeness (QED) is 0.468. The van der Waals surface area contributed by atoms with Gasteiger partial charge in [-0.2, -0.15) is 4.98 Å². The largest absolute Gasteiger partial charge is 0.495 e. The van der Waals surface area contributed by atoms with Crippen molar-refractivity contribution < 1.29 is 14.3 Å². The molecule has 10 nitrogen and oxygen atoms in total. The second-order valence-corrected chi connectivity index (χ2v) is 10.5. The van der Waals surface area contributed by atoms with Crippen LogP contribution in [-0.4, -0.2) is 67.7 Å². The summed E-state index contributed by atoms with van der Waals surface area (Å²) in [7, 11) is 3.33. The Morgan fingerprint density at radius 3 is 2.72 bits per heavy atom. The number of terminal acetylenes is 1. The fraction of sp³-hybridized carbons (Fsp3) is 0.517. The van der Waals surface area contributed by atoms with E-state index in [4.69, 9.17) is 16.1 Å². The number of hydrogen-bond acceptors (Lipinski definition) is 8. The molecule has 3 N–H and O–H groups in total. The standard InChI is InChI=1S/C29H37N7O3/c1-4-7-20-18-36(22-8-5-6-9-22)26-24(35(2)28(20)38)17-31-29(34-26)33-23-11-10-19(16-25(23)39-3)27(37)32-21-12-14-30-15-13-21/h1,10-11,16-17,20-22,30H,5-9,12-15,18H2,2-3H3,(H,32,37)(H,31,33,34). The van der Waals surface area contributed by atoms with E-state index in [0.29, 0.717) is 47.6 Å². The predicted octanol–water partition coefficient (Wildman–Crippen LogP) is 3.08. The Morgan fingerprint density at radius 1 is 1.23 bits per heavy atom. The molecule has 2 aliphatic heterocycles. The molecule has 1 saturated carbocycles. The van der Waals surface area contributed by atoms with Crippen molar-refractivity contribution in [1.29, 1.82) is 0 Å². The van der Waals surface area contributed by atoms with Crippen LogP contribution in [0, 0.1) is 18.3 Å². The van der Waals surface area contributed by atoms with E-state index in [2.05, 4.69) is 31.8 Å². The molecule has 0 bridgehead atoms. The summed E-state index contributed by atoms with van der Waals surface area (Å²) in [4.78, 5) is 39.4. The number of carbonyl (C=O) groups excluding carboxylic acids is 2. The summed E-state index contributed by atoms with van der Waals surface area (Å²) in [6, 6.07) is 5.77. The Labute approximate surface area is 229 Å². The molecule has 1 aromatic heterocycles. The van der Waals surface area contributed by atoms with Gasteiger partial charge in [-0.3, -0.25) is 9.59 Å². The van der Waals surface area contributed by atoms with Gasteiger partial charge in [0.25, 0.3) is 5.91 Å². The number of rotatable bonds is 7. The minimum absolute atomic E-state index is 0.0148. The van der Waals surface area contributed by atoms with Gasteiger partial charge in [-0.25, -0.2) is 4.98 Å². The lowest BCUT2D eigenvalue weighted by Gasteiger charge is -2.31.